The zero-order chi connectivity index (χ0) is 15.2. The van der Waals surface area contributed by atoms with Crippen molar-refractivity contribution in [2.75, 3.05) is 0 Å². The summed E-state index contributed by atoms with van der Waals surface area (Å²) in [6.07, 6.45) is 13.0. The number of rotatable bonds is 8. The fourth-order valence-corrected chi connectivity index (χ4v) is 3.43. The molecule has 0 saturated heterocycles. The summed E-state index contributed by atoms with van der Waals surface area (Å²) in [6.45, 7) is 8.61. The van der Waals surface area contributed by atoms with Crippen LogP contribution in [-0.2, 0) is 4.79 Å². The Kier molecular flexibility index (Phi) is 6.51. The Bertz CT molecular complexity index is 394. The van der Waals surface area contributed by atoms with E-state index in [9.17, 15) is 4.79 Å². The summed E-state index contributed by atoms with van der Waals surface area (Å²) >= 11 is 0. The van der Waals surface area contributed by atoms with Crippen LogP contribution in [0.4, 0.5) is 0 Å². The Labute approximate surface area is 124 Å². The number of unbranched alkanes of at least 4 members (excludes halogenated alkanes) is 5. The average Bonchev–Trinajstić information content (AvgIpc) is 2.38. The van der Waals surface area contributed by atoms with Gasteiger partial charge < -0.3 is 5.73 Å². The molecule has 1 rings (SSSR count). The van der Waals surface area contributed by atoms with Crippen LogP contribution in [0.25, 0.3) is 0 Å². The van der Waals surface area contributed by atoms with Gasteiger partial charge in [-0.1, -0.05) is 75.7 Å². The molecular weight excluding hydrogens is 246 g/mol. The van der Waals surface area contributed by atoms with Gasteiger partial charge in [-0.15, -0.1) is 0 Å². The summed E-state index contributed by atoms with van der Waals surface area (Å²) in [5, 5.41) is 0. The van der Waals surface area contributed by atoms with Crippen LogP contribution in [0.2, 0.25) is 0 Å². The second-order valence-electron chi connectivity index (χ2n) is 6.53. The molecule has 0 radical (unpaired) electrons. The molecule has 2 N–H and O–H groups in total. The molecule has 1 aliphatic carbocycles. The van der Waals surface area contributed by atoms with E-state index >= 15 is 0 Å². The largest absolute Gasteiger partial charge is 0.369 e. The van der Waals surface area contributed by atoms with Gasteiger partial charge in [-0.05, 0) is 20.3 Å². The van der Waals surface area contributed by atoms with E-state index < -0.39 is 0 Å². The Morgan fingerprint density at radius 1 is 1.15 bits per heavy atom. The van der Waals surface area contributed by atoms with Gasteiger partial charge in [-0.3, -0.25) is 4.79 Å². The topological polar surface area (TPSA) is 43.1 Å². The molecule has 0 fully saturated rings. The maximum Gasteiger partial charge on any atom is 0.225 e. The SMILES string of the molecule is CCCCCCCCC1(C)C(C)=CC=C(C)C1C(N)=O. The quantitative estimate of drug-likeness (QED) is 0.639. The van der Waals surface area contributed by atoms with E-state index in [-0.39, 0.29) is 17.2 Å². The molecule has 2 nitrogen and oxygen atoms in total. The van der Waals surface area contributed by atoms with Crippen LogP contribution in [0.15, 0.2) is 23.3 Å². The number of amides is 1. The van der Waals surface area contributed by atoms with E-state index in [1.165, 1.54) is 44.1 Å². The van der Waals surface area contributed by atoms with Crippen molar-refractivity contribution in [1.29, 1.82) is 0 Å². The van der Waals surface area contributed by atoms with E-state index in [2.05, 4.69) is 26.8 Å². The fraction of sp³-hybridized carbons (Fsp3) is 0.722. The molecule has 0 aromatic rings. The first-order chi connectivity index (χ1) is 9.43. The molecule has 0 heterocycles. The summed E-state index contributed by atoms with van der Waals surface area (Å²) in [4.78, 5) is 11.9. The van der Waals surface area contributed by atoms with Crippen LogP contribution in [0.1, 0.15) is 72.6 Å². The lowest BCUT2D eigenvalue weighted by Crippen LogP contribution is -2.40. The molecule has 2 atom stereocenters. The van der Waals surface area contributed by atoms with Crippen molar-refractivity contribution in [3.8, 4) is 0 Å². The second-order valence-corrected chi connectivity index (χ2v) is 6.53. The first-order valence-electron chi connectivity index (χ1n) is 8.08. The molecule has 1 aliphatic rings. The lowest BCUT2D eigenvalue weighted by Gasteiger charge is -2.40. The molecule has 0 saturated carbocycles. The number of carbonyl (C=O) groups excluding carboxylic acids is 1. The van der Waals surface area contributed by atoms with E-state index in [4.69, 9.17) is 5.73 Å². The lowest BCUT2D eigenvalue weighted by atomic mass is 9.63. The van der Waals surface area contributed by atoms with Gasteiger partial charge in [0.1, 0.15) is 0 Å². The van der Waals surface area contributed by atoms with Crippen LogP contribution in [0, 0.1) is 11.3 Å². The van der Waals surface area contributed by atoms with Crippen molar-refractivity contribution in [2.45, 2.75) is 72.6 Å². The molecule has 0 bridgehead atoms. The first kappa shape index (κ1) is 17.0. The standard InChI is InChI=1S/C18H31NO/c1-5-6-7-8-9-10-13-18(4)15(3)12-11-14(2)16(18)17(19)20/h11-12,16H,5-10,13H2,1-4H3,(H2,19,20). The third-order valence-electron chi connectivity index (χ3n) is 4.92. The molecule has 0 aromatic carbocycles. The molecule has 0 aromatic heterocycles. The highest BCUT2D eigenvalue weighted by molar-refractivity contribution is 5.81. The number of allylic oxidation sites excluding steroid dienone is 3. The minimum Gasteiger partial charge on any atom is -0.369 e. The summed E-state index contributed by atoms with van der Waals surface area (Å²) < 4.78 is 0. The van der Waals surface area contributed by atoms with Gasteiger partial charge in [0.25, 0.3) is 0 Å². The van der Waals surface area contributed by atoms with E-state index in [0.29, 0.717) is 0 Å². The Morgan fingerprint density at radius 2 is 1.75 bits per heavy atom. The highest BCUT2D eigenvalue weighted by Crippen LogP contribution is 2.46. The summed E-state index contributed by atoms with van der Waals surface area (Å²) in [6, 6.07) is 0. The van der Waals surface area contributed by atoms with Crippen LogP contribution in [0.5, 0.6) is 0 Å². The maximum absolute atomic E-state index is 11.9. The monoisotopic (exact) mass is 277 g/mol. The fourth-order valence-electron chi connectivity index (χ4n) is 3.43. The Hall–Kier alpha value is -1.05. The van der Waals surface area contributed by atoms with E-state index in [0.717, 1.165) is 12.0 Å². The van der Waals surface area contributed by atoms with Gasteiger partial charge >= 0.3 is 0 Å². The predicted octanol–water partition coefficient (Wildman–Crippen LogP) is 4.75. The van der Waals surface area contributed by atoms with Crippen LogP contribution in [-0.4, -0.2) is 5.91 Å². The van der Waals surface area contributed by atoms with Crippen molar-refractivity contribution in [1.82, 2.24) is 0 Å². The average molecular weight is 277 g/mol. The molecular formula is C18H31NO. The van der Waals surface area contributed by atoms with Crippen LogP contribution >= 0.6 is 0 Å². The Balaban J connectivity index is 2.61. The van der Waals surface area contributed by atoms with Gasteiger partial charge in [0.15, 0.2) is 0 Å². The van der Waals surface area contributed by atoms with Crippen molar-refractivity contribution >= 4 is 5.91 Å². The minimum atomic E-state index is -0.181. The number of primary amides is 1. The van der Waals surface area contributed by atoms with Crippen molar-refractivity contribution < 1.29 is 4.79 Å². The summed E-state index contributed by atoms with van der Waals surface area (Å²) in [7, 11) is 0. The van der Waals surface area contributed by atoms with E-state index in [1.807, 2.05) is 13.0 Å². The minimum absolute atomic E-state index is 0.0879. The highest BCUT2D eigenvalue weighted by Gasteiger charge is 2.41. The number of nitrogens with two attached hydrogens (primary N) is 1. The number of hydrogen-bond donors (Lipinski definition) is 1. The smallest absolute Gasteiger partial charge is 0.225 e. The summed E-state index contributed by atoms with van der Waals surface area (Å²) in [5.41, 5.74) is 7.97. The first-order valence-corrected chi connectivity index (χ1v) is 8.08. The normalized spacial score (nSPS) is 26.1. The third-order valence-corrected chi connectivity index (χ3v) is 4.92. The Morgan fingerprint density at radius 3 is 2.35 bits per heavy atom. The molecule has 2 heteroatoms. The second kappa shape index (κ2) is 7.66. The van der Waals surface area contributed by atoms with Gasteiger partial charge in [-0.2, -0.15) is 0 Å². The molecule has 114 valence electrons. The lowest BCUT2D eigenvalue weighted by molar-refractivity contribution is -0.123. The predicted molar refractivity (Wildman–Crippen MR) is 86.3 cm³/mol. The highest BCUT2D eigenvalue weighted by atomic mass is 16.1. The van der Waals surface area contributed by atoms with Crippen LogP contribution in [0.3, 0.4) is 0 Å². The van der Waals surface area contributed by atoms with Gasteiger partial charge in [0.05, 0.1) is 5.92 Å². The molecule has 2 unspecified atom stereocenters. The third kappa shape index (κ3) is 3.97. The van der Waals surface area contributed by atoms with Crippen molar-refractivity contribution in [3.63, 3.8) is 0 Å². The molecule has 0 aliphatic heterocycles. The van der Waals surface area contributed by atoms with Crippen molar-refractivity contribution in [2.24, 2.45) is 17.1 Å². The van der Waals surface area contributed by atoms with Crippen LogP contribution < -0.4 is 5.73 Å². The van der Waals surface area contributed by atoms with Gasteiger partial charge in [0.2, 0.25) is 5.91 Å². The molecule has 20 heavy (non-hydrogen) atoms. The zero-order valence-electron chi connectivity index (χ0n) is 13.7. The summed E-state index contributed by atoms with van der Waals surface area (Å²) in [5.74, 6) is -0.317. The van der Waals surface area contributed by atoms with E-state index in [1.54, 1.807) is 0 Å². The number of hydrogen-bond acceptors (Lipinski definition) is 1. The number of carbonyl (C=O) groups is 1. The molecule has 0 spiro atoms. The van der Waals surface area contributed by atoms with Gasteiger partial charge in [0, 0.05) is 5.41 Å². The molecule has 1 amide bonds. The van der Waals surface area contributed by atoms with Crippen molar-refractivity contribution in [3.05, 3.63) is 23.3 Å². The zero-order valence-corrected chi connectivity index (χ0v) is 13.7. The maximum atomic E-state index is 11.9. The van der Waals surface area contributed by atoms with Gasteiger partial charge in [-0.25, -0.2) is 0 Å².